The molecule has 4 aromatic rings. The summed E-state index contributed by atoms with van der Waals surface area (Å²) >= 11 is 7.04. The average molecular weight is 449 g/mol. The van der Waals surface area contributed by atoms with E-state index in [0.29, 0.717) is 33.3 Å². The summed E-state index contributed by atoms with van der Waals surface area (Å²) in [4.78, 5) is 19.1. The van der Waals surface area contributed by atoms with Crippen LogP contribution in [0.3, 0.4) is 0 Å². The van der Waals surface area contributed by atoms with E-state index >= 15 is 0 Å². The molecule has 0 aliphatic carbocycles. The van der Waals surface area contributed by atoms with Crippen LogP contribution in [-0.4, -0.2) is 27.7 Å². The Hall–Kier alpha value is -2.82. The molecule has 0 saturated heterocycles. The van der Waals surface area contributed by atoms with E-state index in [2.05, 4.69) is 9.97 Å². The maximum Gasteiger partial charge on any atom is 0.270 e. The van der Waals surface area contributed by atoms with Crippen molar-refractivity contribution in [3.63, 3.8) is 0 Å². The molecule has 0 amide bonds. The number of hydrogen-bond acceptors (Lipinski definition) is 7. The van der Waals surface area contributed by atoms with Crippen LogP contribution in [0.1, 0.15) is 11.3 Å². The Kier molecular flexibility index (Phi) is 4.64. The van der Waals surface area contributed by atoms with Gasteiger partial charge in [-0.15, -0.1) is 11.3 Å². The predicted molar refractivity (Wildman–Crippen MR) is 109 cm³/mol. The number of aromatic nitrogens is 3. The van der Waals surface area contributed by atoms with Crippen molar-refractivity contribution in [3.8, 4) is 11.4 Å². The van der Waals surface area contributed by atoms with E-state index in [9.17, 15) is 18.5 Å². The Morgan fingerprint density at radius 1 is 1.17 bits per heavy atom. The van der Waals surface area contributed by atoms with E-state index in [1.54, 1.807) is 42.0 Å². The third-order valence-electron chi connectivity index (χ3n) is 4.38. The number of pyridine rings is 1. The van der Waals surface area contributed by atoms with Gasteiger partial charge in [0, 0.05) is 23.7 Å². The lowest BCUT2D eigenvalue weighted by molar-refractivity contribution is -0.385. The molecule has 3 heterocycles. The van der Waals surface area contributed by atoms with Gasteiger partial charge in [0.15, 0.2) is 0 Å². The Bertz CT molecular complexity index is 1390. The van der Waals surface area contributed by atoms with Crippen molar-refractivity contribution in [2.45, 2.75) is 23.1 Å². The molecule has 148 valence electrons. The molecule has 29 heavy (non-hydrogen) atoms. The van der Waals surface area contributed by atoms with Crippen molar-refractivity contribution in [2.75, 3.05) is 0 Å². The number of hydrogen-bond donors (Lipinski definition) is 0. The van der Waals surface area contributed by atoms with E-state index in [1.165, 1.54) is 12.1 Å². The van der Waals surface area contributed by atoms with E-state index in [-0.39, 0.29) is 14.9 Å². The monoisotopic (exact) mass is 448 g/mol. The van der Waals surface area contributed by atoms with Crippen LogP contribution in [0.5, 0.6) is 0 Å². The maximum absolute atomic E-state index is 13.1. The van der Waals surface area contributed by atoms with Gasteiger partial charge in [0.05, 0.1) is 26.2 Å². The van der Waals surface area contributed by atoms with Crippen molar-refractivity contribution < 1.29 is 13.3 Å². The molecule has 3 aromatic heterocycles. The second kappa shape index (κ2) is 6.90. The topological polar surface area (TPSA) is 107 Å². The lowest BCUT2D eigenvalue weighted by atomic mass is 10.2. The molecule has 0 unspecified atom stereocenters. The first-order chi connectivity index (χ1) is 13.7. The fraction of sp³-hybridized carbons (Fsp3) is 0.111. The second-order valence-corrected chi connectivity index (χ2v) is 9.72. The minimum atomic E-state index is -4.02. The van der Waals surface area contributed by atoms with Crippen molar-refractivity contribution in [3.05, 3.63) is 68.3 Å². The number of fused-ring (bicyclic) bond motifs is 1. The van der Waals surface area contributed by atoms with Gasteiger partial charge in [0.25, 0.3) is 5.69 Å². The Labute approximate surface area is 174 Å². The van der Waals surface area contributed by atoms with Crippen LogP contribution < -0.4 is 0 Å². The molecule has 0 atom stereocenters. The van der Waals surface area contributed by atoms with E-state index in [0.717, 1.165) is 17.4 Å². The smallest absolute Gasteiger partial charge is 0.270 e. The number of rotatable bonds is 4. The van der Waals surface area contributed by atoms with Crippen molar-refractivity contribution in [1.29, 1.82) is 0 Å². The number of nitro benzene ring substituents is 1. The summed E-state index contributed by atoms with van der Waals surface area (Å²) in [5.74, 6) is 0. The summed E-state index contributed by atoms with van der Waals surface area (Å²) in [7, 11) is -4.02. The molecule has 0 aliphatic rings. The lowest BCUT2D eigenvalue weighted by Gasteiger charge is -2.05. The highest BCUT2D eigenvalue weighted by Crippen LogP contribution is 2.33. The first-order valence-electron chi connectivity index (χ1n) is 8.29. The molecule has 0 fully saturated rings. The number of non-ortho nitro benzene ring substituents is 1. The van der Waals surface area contributed by atoms with Gasteiger partial charge in [-0.25, -0.2) is 18.4 Å². The molecular formula is C18H13ClN4O4S2. The normalized spacial score (nSPS) is 11.8. The molecule has 8 nitrogen and oxygen atoms in total. The molecule has 1 aromatic carbocycles. The lowest BCUT2D eigenvalue weighted by Crippen LogP contribution is -2.05. The summed E-state index contributed by atoms with van der Waals surface area (Å²) in [5, 5.41) is 13.2. The van der Waals surface area contributed by atoms with Crippen molar-refractivity contribution >= 4 is 44.1 Å². The van der Waals surface area contributed by atoms with E-state index in [1.807, 2.05) is 0 Å². The molecule has 0 N–H and O–H groups in total. The first kappa shape index (κ1) is 19.5. The molecule has 0 saturated carbocycles. The molecule has 0 aliphatic heterocycles. The summed E-state index contributed by atoms with van der Waals surface area (Å²) in [6.07, 6.45) is 1.68. The minimum absolute atomic E-state index is 0.134. The highest BCUT2D eigenvalue weighted by molar-refractivity contribution is 7.93. The predicted octanol–water partition coefficient (Wildman–Crippen LogP) is 4.47. The maximum atomic E-state index is 13.1. The Morgan fingerprint density at radius 2 is 1.93 bits per heavy atom. The highest BCUT2D eigenvalue weighted by Gasteiger charge is 2.27. The zero-order valence-electron chi connectivity index (χ0n) is 15.2. The fourth-order valence-corrected chi connectivity index (χ4v) is 5.80. The van der Waals surface area contributed by atoms with Gasteiger partial charge >= 0.3 is 0 Å². The zero-order valence-corrected chi connectivity index (χ0v) is 17.5. The zero-order chi connectivity index (χ0) is 20.9. The third kappa shape index (κ3) is 3.28. The van der Waals surface area contributed by atoms with Crippen LogP contribution in [-0.2, 0) is 9.84 Å². The van der Waals surface area contributed by atoms with Gasteiger partial charge in [-0.05, 0) is 31.5 Å². The van der Waals surface area contributed by atoms with E-state index < -0.39 is 14.8 Å². The quantitative estimate of drug-likeness (QED) is 0.336. The third-order valence-corrected chi connectivity index (χ3v) is 7.76. The largest absolute Gasteiger partial charge is 0.296 e. The first-order valence-corrected chi connectivity index (χ1v) is 11.0. The second-order valence-electron chi connectivity index (χ2n) is 6.33. The Balaban J connectivity index is 1.85. The SMILES string of the molecule is Cc1ccc([N+](=O)[O-])cc1S(=O)(=O)c1nc(-c2c(C)nc3ccc(Cl)cn23)cs1. The number of imidazole rings is 1. The van der Waals surface area contributed by atoms with E-state index in [4.69, 9.17) is 11.6 Å². The molecule has 0 bridgehead atoms. The number of aryl methyl sites for hydroxylation is 2. The molecule has 11 heteroatoms. The number of benzene rings is 1. The number of sulfone groups is 1. The molecule has 0 radical (unpaired) electrons. The van der Waals surface area contributed by atoms with Crippen LogP contribution in [0, 0.1) is 24.0 Å². The number of halogens is 1. The molecular weight excluding hydrogens is 436 g/mol. The van der Waals surface area contributed by atoms with Crippen LogP contribution in [0.25, 0.3) is 17.0 Å². The van der Waals surface area contributed by atoms with Gasteiger partial charge in [-0.2, -0.15) is 0 Å². The minimum Gasteiger partial charge on any atom is -0.296 e. The van der Waals surface area contributed by atoms with Gasteiger partial charge in [0.2, 0.25) is 14.2 Å². The van der Waals surface area contributed by atoms with Crippen LogP contribution in [0.15, 0.2) is 51.1 Å². The summed E-state index contributed by atoms with van der Waals surface area (Å²) in [6, 6.07) is 7.22. The fourth-order valence-electron chi connectivity index (χ4n) is 3.02. The van der Waals surface area contributed by atoms with Gasteiger partial charge < -0.3 is 0 Å². The summed E-state index contributed by atoms with van der Waals surface area (Å²) in [5.41, 5.74) is 2.52. The van der Waals surface area contributed by atoms with Crippen molar-refractivity contribution in [1.82, 2.24) is 14.4 Å². The molecule has 0 spiro atoms. The average Bonchev–Trinajstić information content (AvgIpc) is 3.25. The standard InChI is InChI=1S/C18H13ClN4O4S2/c1-10-3-5-13(23(24)25)7-15(10)29(26,27)18-21-14(9-28-18)17-11(2)20-16-6-4-12(19)8-22(16)17/h3-9H,1-2H3. The number of thiazole rings is 1. The van der Waals surface area contributed by atoms with Crippen LogP contribution >= 0.6 is 22.9 Å². The number of nitrogens with zero attached hydrogens (tertiary/aromatic N) is 4. The number of nitro groups is 1. The summed E-state index contributed by atoms with van der Waals surface area (Å²) in [6.45, 7) is 3.39. The molecule has 4 rings (SSSR count). The van der Waals surface area contributed by atoms with Crippen LogP contribution in [0.4, 0.5) is 5.69 Å². The Morgan fingerprint density at radius 3 is 2.66 bits per heavy atom. The van der Waals surface area contributed by atoms with Gasteiger partial charge in [0.1, 0.15) is 11.3 Å². The van der Waals surface area contributed by atoms with Crippen molar-refractivity contribution in [2.24, 2.45) is 0 Å². The van der Waals surface area contributed by atoms with Crippen LogP contribution in [0.2, 0.25) is 5.02 Å². The highest BCUT2D eigenvalue weighted by atomic mass is 35.5. The van der Waals surface area contributed by atoms with Gasteiger partial charge in [-0.3, -0.25) is 14.5 Å². The van der Waals surface area contributed by atoms with Gasteiger partial charge in [-0.1, -0.05) is 17.7 Å². The summed E-state index contributed by atoms with van der Waals surface area (Å²) < 4.78 is 27.8.